The minimum Gasteiger partial charge on any atom is -0.451 e. The molecule has 2 rings (SSSR count). The summed E-state index contributed by atoms with van der Waals surface area (Å²) in [6.07, 6.45) is 21.4. The molecule has 1 aromatic heterocycles. The Kier molecular flexibility index (Phi) is 16.0. The molecule has 1 heterocycles. The average Bonchev–Trinajstić information content (AvgIpc) is 3.33. The average molecular weight is 514 g/mol. The van der Waals surface area contributed by atoms with Gasteiger partial charge < -0.3 is 14.8 Å². The van der Waals surface area contributed by atoms with Crippen molar-refractivity contribution in [2.45, 2.75) is 142 Å². The summed E-state index contributed by atoms with van der Waals surface area (Å²) in [5.74, 6) is -0.448. The van der Waals surface area contributed by atoms with Gasteiger partial charge >= 0.3 is 0 Å². The van der Waals surface area contributed by atoms with E-state index in [9.17, 15) is 14.7 Å². The molecule has 0 bridgehead atoms. The zero-order valence-electron chi connectivity index (χ0n) is 23.4. The van der Waals surface area contributed by atoms with Gasteiger partial charge in [-0.15, -0.1) is 0 Å². The van der Waals surface area contributed by atoms with Crippen LogP contribution < -0.4 is 5.32 Å². The Morgan fingerprint density at radius 1 is 0.784 bits per heavy atom. The van der Waals surface area contributed by atoms with Crippen molar-refractivity contribution >= 4 is 22.7 Å². The quantitative estimate of drug-likeness (QED) is 0.155. The third-order valence-corrected chi connectivity index (χ3v) is 7.29. The van der Waals surface area contributed by atoms with Crippen LogP contribution in [0.3, 0.4) is 0 Å². The Labute approximate surface area is 224 Å². The maximum absolute atomic E-state index is 12.7. The predicted octanol–water partition coefficient (Wildman–Crippen LogP) is 8.52. The van der Waals surface area contributed by atoms with Gasteiger partial charge in [0.15, 0.2) is 11.5 Å². The summed E-state index contributed by atoms with van der Waals surface area (Å²) >= 11 is 0. The highest BCUT2D eigenvalue weighted by atomic mass is 16.3. The van der Waals surface area contributed by atoms with Crippen LogP contribution in [0.1, 0.15) is 140 Å². The van der Waals surface area contributed by atoms with Crippen molar-refractivity contribution in [3.63, 3.8) is 0 Å². The number of carbonyl (C=O) groups excluding carboxylic acids is 2. The molecule has 1 aromatic carbocycles. The summed E-state index contributed by atoms with van der Waals surface area (Å²) in [6, 6.07) is 8.12. The number of amides is 1. The van der Waals surface area contributed by atoms with Gasteiger partial charge in [0.25, 0.3) is 5.91 Å². The number of nitrogens with one attached hydrogen (secondary N) is 1. The third kappa shape index (κ3) is 12.8. The maximum Gasteiger partial charge on any atom is 0.287 e. The fraction of sp³-hybridized carbons (Fsp3) is 0.688. The Morgan fingerprint density at radius 2 is 1.27 bits per heavy atom. The molecular weight excluding hydrogens is 462 g/mol. The molecule has 0 spiro atoms. The van der Waals surface area contributed by atoms with E-state index >= 15 is 0 Å². The van der Waals surface area contributed by atoms with E-state index in [1.807, 2.05) is 18.2 Å². The minimum atomic E-state index is -0.952. The molecule has 37 heavy (non-hydrogen) atoms. The van der Waals surface area contributed by atoms with E-state index in [4.69, 9.17) is 4.42 Å². The number of benzene rings is 1. The van der Waals surface area contributed by atoms with Crippen LogP contribution in [0, 0.1) is 0 Å². The molecule has 2 aromatic rings. The molecule has 0 aliphatic carbocycles. The van der Waals surface area contributed by atoms with Crippen LogP contribution in [-0.2, 0) is 4.79 Å². The van der Waals surface area contributed by atoms with Crippen LogP contribution in [0.15, 0.2) is 34.7 Å². The molecule has 0 aliphatic heterocycles. The van der Waals surface area contributed by atoms with Crippen LogP contribution in [0.2, 0.25) is 0 Å². The van der Waals surface area contributed by atoms with Gasteiger partial charge in [0.05, 0.1) is 6.10 Å². The van der Waals surface area contributed by atoms with E-state index < -0.39 is 18.1 Å². The standard InChI is InChI=1S/C32H51NO4/c1-3-4-5-6-7-8-9-10-11-12-13-14-15-16-17-18-19-23-28(35)31(26(2)34)33-32(36)30-25-27-22-20-21-24-29(27)37-30/h20-22,24-26,31,34H,3-19,23H2,1-2H3,(H,33,36)/t26-,31+/m1/s1. The van der Waals surface area contributed by atoms with Crippen molar-refractivity contribution in [3.8, 4) is 0 Å². The van der Waals surface area contributed by atoms with Crippen molar-refractivity contribution in [2.75, 3.05) is 0 Å². The van der Waals surface area contributed by atoms with Crippen LogP contribution >= 0.6 is 0 Å². The van der Waals surface area contributed by atoms with E-state index in [-0.39, 0.29) is 11.5 Å². The number of furan rings is 1. The Hall–Kier alpha value is -2.14. The highest BCUT2D eigenvalue weighted by Gasteiger charge is 2.26. The molecule has 2 atom stereocenters. The molecule has 0 saturated carbocycles. The molecule has 5 nitrogen and oxygen atoms in total. The second-order valence-corrected chi connectivity index (χ2v) is 10.7. The molecule has 0 aliphatic rings. The third-order valence-electron chi connectivity index (χ3n) is 7.29. The molecule has 0 radical (unpaired) electrons. The van der Waals surface area contributed by atoms with Gasteiger partial charge in [0.1, 0.15) is 11.6 Å². The van der Waals surface area contributed by atoms with Crippen molar-refractivity contribution < 1.29 is 19.1 Å². The number of para-hydroxylation sites is 1. The van der Waals surface area contributed by atoms with E-state index in [2.05, 4.69) is 12.2 Å². The lowest BCUT2D eigenvalue weighted by Crippen LogP contribution is -2.47. The van der Waals surface area contributed by atoms with Crippen LogP contribution in [-0.4, -0.2) is 28.9 Å². The van der Waals surface area contributed by atoms with E-state index in [1.54, 1.807) is 12.1 Å². The summed E-state index contributed by atoms with van der Waals surface area (Å²) in [6.45, 7) is 3.81. The fourth-order valence-corrected chi connectivity index (χ4v) is 4.96. The van der Waals surface area contributed by atoms with E-state index in [0.717, 1.165) is 24.6 Å². The molecular formula is C32H51NO4. The van der Waals surface area contributed by atoms with Gasteiger partial charge in [-0.1, -0.05) is 128 Å². The van der Waals surface area contributed by atoms with Crippen molar-refractivity contribution in [1.82, 2.24) is 5.32 Å². The molecule has 208 valence electrons. The number of carbonyl (C=O) groups is 2. The fourth-order valence-electron chi connectivity index (χ4n) is 4.96. The maximum atomic E-state index is 12.7. The first-order valence-corrected chi connectivity index (χ1v) is 15.0. The first kappa shape index (κ1) is 31.1. The number of unbranched alkanes of at least 4 members (excludes halogenated alkanes) is 16. The molecule has 0 fully saturated rings. The SMILES string of the molecule is CCCCCCCCCCCCCCCCCCCC(=O)[C@@H](NC(=O)c1cc2ccccc2o1)[C@@H](C)O. The first-order valence-electron chi connectivity index (χ1n) is 15.0. The number of hydrogen-bond acceptors (Lipinski definition) is 4. The second kappa shape index (κ2) is 19.0. The lowest BCUT2D eigenvalue weighted by Gasteiger charge is -2.19. The monoisotopic (exact) mass is 513 g/mol. The smallest absolute Gasteiger partial charge is 0.287 e. The highest BCUT2D eigenvalue weighted by molar-refractivity contribution is 5.99. The molecule has 0 saturated heterocycles. The lowest BCUT2D eigenvalue weighted by atomic mass is 10.00. The molecule has 2 N–H and O–H groups in total. The largest absolute Gasteiger partial charge is 0.451 e. The summed E-state index contributed by atoms with van der Waals surface area (Å²) in [5, 5.41) is 13.6. The van der Waals surface area contributed by atoms with Gasteiger partial charge in [0, 0.05) is 11.8 Å². The zero-order valence-corrected chi connectivity index (χ0v) is 23.4. The molecule has 0 unspecified atom stereocenters. The second-order valence-electron chi connectivity index (χ2n) is 10.7. The number of hydrogen-bond donors (Lipinski definition) is 2. The van der Waals surface area contributed by atoms with Gasteiger partial charge in [-0.2, -0.15) is 0 Å². The van der Waals surface area contributed by atoms with Gasteiger partial charge in [0.2, 0.25) is 0 Å². The van der Waals surface area contributed by atoms with Gasteiger partial charge in [-0.05, 0) is 25.5 Å². The highest BCUT2D eigenvalue weighted by Crippen LogP contribution is 2.19. The first-order chi connectivity index (χ1) is 18.0. The Bertz CT molecular complexity index is 855. The zero-order chi connectivity index (χ0) is 26.7. The number of aliphatic hydroxyl groups is 1. The normalized spacial score (nSPS) is 13.1. The summed E-state index contributed by atoms with van der Waals surface area (Å²) in [4.78, 5) is 25.3. The number of ketones is 1. The summed E-state index contributed by atoms with van der Waals surface area (Å²) < 4.78 is 5.58. The van der Waals surface area contributed by atoms with Crippen LogP contribution in [0.5, 0.6) is 0 Å². The van der Waals surface area contributed by atoms with Crippen molar-refractivity contribution in [1.29, 1.82) is 0 Å². The lowest BCUT2D eigenvalue weighted by molar-refractivity contribution is -0.123. The Morgan fingerprint density at radius 3 is 1.76 bits per heavy atom. The Balaban J connectivity index is 1.48. The minimum absolute atomic E-state index is 0.125. The molecule has 1 amide bonds. The number of aliphatic hydroxyl groups excluding tert-OH is 1. The van der Waals surface area contributed by atoms with Crippen molar-refractivity contribution in [2.24, 2.45) is 0 Å². The summed E-state index contributed by atoms with van der Waals surface area (Å²) in [5.41, 5.74) is 0.621. The predicted molar refractivity (Wildman–Crippen MR) is 153 cm³/mol. The number of fused-ring (bicyclic) bond motifs is 1. The van der Waals surface area contributed by atoms with Crippen LogP contribution in [0.4, 0.5) is 0 Å². The van der Waals surface area contributed by atoms with Gasteiger partial charge in [-0.25, -0.2) is 0 Å². The molecule has 5 heteroatoms. The number of rotatable bonds is 22. The topological polar surface area (TPSA) is 79.5 Å². The van der Waals surface area contributed by atoms with E-state index in [1.165, 1.54) is 96.8 Å². The number of Topliss-reactive ketones (excluding diaryl/α,β-unsaturated/α-hetero) is 1. The van der Waals surface area contributed by atoms with E-state index in [0.29, 0.717) is 12.0 Å². The van der Waals surface area contributed by atoms with Gasteiger partial charge in [-0.3, -0.25) is 9.59 Å². The van der Waals surface area contributed by atoms with Crippen LogP contribution in [0.25, 0.3) is 11.0 Å². The van der Waals surface area contributed by atoms with Crippen molar-refractivity contribution in [3.05, 3.63) is 36.1 Å². The summed E-state index contributed by atoms with van der Waals surface area (Å²) in [7, 11) is 0.